The Morgan fingerprint density at radius 2 is 2.31 bits per heavy atom. The molecule has 2 aromatic rings. The molecule has 1 aromatic carbocycles. The van der Waals surface area contributed by atoms with Crippen LogP contribution in [0.5, 0.6) is 11.5 Å². The summed E-state index contributed by atoms with van der Waals surface area (Å²) in [5.74, 6) is 0.792. The molecule has 0 bridgehead atoms. The number of nitrogen functional groups attached to an aromatic ring is 1. The number of phenolic OH excluding ortho intramolecular Hbond substituents is 1. The molecule has 0 aliphatic heterocycles. The molecular formula is C11H12N2O3. The first kappa shape index (κ1) is 10.4. The van der Waals surface area contributed by atoms with Crippen LogP contribution >= 0.6 is 0 Å². The minimum absolute atomic E-state index is 0.0841. The lowest BCUT2D eigenvalue weighted by molar-refractivity contribution is 0.339. The smallest absolute Gasteiger partial charge is 0.230 e. The molecule has 84 valence electrons. The van der Waals surface area contributed by atoms with Crippen molar-refractivity contribution < 1.29 is 14.4 Å². The van der Waals surface area contributed by atoms with E-state index in [0.717, 1.165) is 0 Å². The largest absolute Gasteiger partial charge is 0.507 e. The fourth-order valence-corrected chi connectivity index (χ4v) is 1.50. The van der Waals surface area contributed by atoms with Crippen molar-refractivity contribution in [3.63, 3.8) is 0 Å². The number of nitrogens with zero attached hydrogens (tertiary/aromatic N) is 1. The summed E-state index contributed by atoms with van der Waals surface area (Å²) in [7, 11) is 0. The summed E-state index contributed by atoms with van der Waals surface area (Å²) in [6.07, 6.45) is 1.45. The summed E-state index contributed by atoms with van der Waals surface area (Å²) >= 11 is 0. The summed E-state index contributed by atoms with van der Waals surface area (Å²) < 4.78 is 10.2. The van der Waals surface area contributed by atoms with Gasteiger partial charge in [0.15, 0.2) is 0 Å². The molecule has 0 amide bonds. The van der Waals surface area contributed by atoms with Crippen molar-refractivity contribution in [1.82, 2.24) is 5.16 Å². The van der Waals surface area contributed by atoms with Crippen LogP contribution in [0.25, 0.3) is 11.1 Å². The fourth-order valence-electron chi connectivity index (χ4n) is 1.50. The number of hydrogen-bond donors (Lipinski definition) is 2. The van der Waals surface area contributed by atoms with Crippen molar-refractivity contribution in [3.8, 4) is 22.6 Å². The highest BCUT2D eigenvalue weighted by atomic mass is 16.5. The Morgan fingerprint density at radius 1 is 1.50 bits per heavy atom. The molecule has 0 saturated heterocycles. The maximum Gasteiger partial charge on any atom is 0.230 e. The van der Waals surface area contributed by atoms with Crippen LogP contribution in [-0.2, 0) is 0 Å². The molecule has 5 nitrogen and oxygen atoms in total. The van der Waals surface area contributed by atoms with E-state index in [1.165, 1.54) is 6.20 Å². The summed E-state index contributed by atoms with van der Waals surface area (Å²) in [5.41, 5.74) is 6.64. The molecule has 0 spiro atoms. The number of anilines is 1. The molecular weight excluding hydrogens is 208 g/mol. The molecule has 0 aliphatic rings. The van der Waals surface area contributed by atoms with Crippen molar-refractivity contribution in [2.75, 3.05) is 12.3 Å². The van der Waals surface area contributed by atoms with Crippen LogP contribution in [0.4, 0.5) is 5.88 Å². The number of benzene rings is 1. The van der Waals surface area contributed by atoms with Crippen molar-refractivity contribution in [2.24, 2.45) is 0 Å². The summed E-state index contributed by atoms with van der Waals surface area (Å²) in [5, 5.41) is 13.4. The van der Waals surface area contributed by atoms with Gasteiger partial charge in [0, 0.05) is 0 Å². The number of aromatic hydroxyl groups is 1. The number of nitrogens with two attached hydrogens (primary N) is 1. The van der Waals surface area contributed by atoms with Crippen LogP contribution in [0.1, 0.15) is 6.92 Å². The zero-order valence-corrected chi connectivity index (χ0v) is 8.80. The van der Waals surface area contributed by atoms with Gasteiger partial charge < -0.3 is 20.1 Å². The van der Waals surface area contributed by atoms with Gasteiger partial charge in [-0.15, -0.1) is 0 Å². The van der Waals surface area contributed by atoms with Crippen molar-refractivity contribution in [2.45, 2.75) is 6.92 Å². The Kier molecular flexibility index (Phi) is 2.68. The second-order valence-electron chi connectivity index (χ2n) is 3.19. The topological polar surface area (TPSA) is 81.5 Å². The Balaban J connectivity index is 2.58. The highest BCUT2D eigenvalue weighted by Gasteiger charge is 2.16. The molecule has 1 heterocycles. The molecule has 0 radical (unpaired) electrons. The van der Waals surface area contributed by atoms with Crippen LogP contribution in [0, 0.1) is 0 Å². The molecule has 5 heteroatoms. The number of phenols is 1. The van der Waals surface area contributed by atoms with Crippen LogP contribution in [0.15, 0.2) is 28.9 Å². The number of rotatable bonds is 3. The van der Waals surface area contributed by atoms with Gasteiger partial charge >= 0.3 is 0 Å². The van der Waals surface area contributed by atoms with Gasteiger partial charge in [-0.3, -0.25) is 0 Å². The van der Waals surface area contributed by atoms with E-state index in [9.17, 15) is 5.11 Å². The molecule has 0 saturated carbocycles. The van der Waals surface area contributed by atoms with Gasteiger partial charge in [-0.1, -0.05) is 11.2 Å². The first-order chi connectivity index (χ1) is 7.74. The van der Waals surface area contributed by atoms with Crippen LogP contribution < -0.4 is 10.5 Å². The lowest BCUT2D eigenvalue weighted by Gasteiger charge is -2.10. The van der Waals surface area contributed by atoms with Gasteiger partial charge in [0.25, 0.3) is 0 Å². The zero-order chi connectivity index (χ0) is 11.5. The monoisotopic (exact) mass is 220 g/mol. The average Bonchev–Trinajstić information content (AvgIpc) is 2.65. The molecule has 0 unspecified atom stereocenters. The molecule has 16 heavy (non-hydrogen) atoms. The first-order valence-electron chi connectivity index (χ1n) is 4.89. The predicted molar refractivity (Wildman–Crippen MR) is 59.2 cm³/mol. The van der Waals surface area contributed by atoms with Gasteiger partial charge in [-0.05, 0) is 19.1 Å². The van der Waals surface area contributed by atoms with Crippen molar-refractivity contribution in [1.29, 1.82) is 0 Å². The first-order valence-corrected chi connectivity index (χ1v) is 4.89. The highest BCUT2D eigenvalue weighted by molar-refractivity contribution is 5.81. The van der Waals surface area contributed by atoms with Crippen molar-refractivity contribution in [3.05, 3.63) is 24.4 Å². The molecule has 0 fully saturated rings. The van der Waals surface area contributed by atoms with E-state index in [0.29, 0.717) is 23.5 Å². The maximum absolute atomic E-state index is 9.81. The Labute approximate surface area is 92.4 Å². The van der Waals surface area contributed by atoms with Gasteiger partial charge in [0.2, 0.25) is 5.88 Å². The van der Waals surface area contributed by atoms with Gasteiger partial charge in [-0.25, -0.2) is 0 Å². The van der Waals surface area contributed by atoms with Crippen LogP contribution in [0.3, 0.4) is 0 Å². The Bertz CT molecular complexity index is 494. The summed E-state index contributed by atoms with van der Waals surface area (Å²) in [6.45, 7) is 2.37. The van der Waals surface area contributed by atoms with E-state index in [2.05, 4.69) is 5.16 Å². The van der Waals surface area contributed by atoms with E-state index in [4.69, 9.17) is 15.0 Å². The number of aromatic nitrogens is 1. The fraction of sp³-hybridized carbons (Fsp3) is 0.182. The van der Waals surface area contributed by atoms with E-state index < -0.39 is 0 Å². The third-order valence-corrected chi connectivity index (χ3v) is 2.17. The molecule has 2 rings (SSSR count). The normalized spacial score (nSPS) is 10.3. The van der Waals surface area contributed by atoms with Gasteiger partial charge in [0.1, 0.15) is 11.5 Å². The predicted octanol–water partition coefficient (Wildman–Crippen LogP) is 2.03. The minimum atomic E-state index is 0.0841. The lowest BCUT2D eigenvalue weighted by atomic mass is 10.1. The second-order valence-corrected chi connectivity index (χ2v) is 3.19. The molecule has 1 aromatic heterocycles. The van der Waals surface area contributed by atoms with Crippen LogP contribution in [-0.4, -0.2) is 16.9 Å². The van der Waals surface area contributed by atoms with E-state index in [1.54, 1.807) is 18.2 Å². The summed E-state index contributed by atoms with van der Waals surface area (Å²) in [4.78, 5) is 0. The van der Waals surface area contributed by atoms with E-state index >= 15 is 0 Å². The molecule has 0 aliphatic carbocycles. The van der Waals surface area contributed by atoms with E-state index in [1.807, 2.05) is 6.92 Å². The average molecular weight is 220 g/mol. The SMILES string of the molecule is CCOc1cccc(O)c1-c1cnoc1N. The summed E-state index contributed by atoms with van der Waals surface area (Å²) in [6, 6.07) is 5.02. The Morgan fingerprint density at radius 3 is 2.94 bits per heavy atom. The van der Waals surface area contributed by atoms with Crippen LogP contribution in [0.2, 0.25) is 0 Å². The van der Waals surface area contributed by atoms with E-state index in [-0.39, 0.29) is 11.6 Å². The quantitative estimate of drug-likeness (QED) is 0.827. The van der Waals surface area contributed by atoms with Gasteiger partial charge in [0.05, 0.1) is 23.9 Å². The number of ether oxygens (including phenoxy) is 1. The molecule has 0 atom stereocenters. The maximum atomic E-state index is 9.81. The number of hydrogen-bond acceptors (Lipinski definition) is 5. The lowest BCUT2D eigenvalue weighted by Crippen LogP contribution is -1.95. The molecule has 3 N–H and O–H groups in total. The second kappa shape index (κ2) is 4.14. The standard InChI is InChI=1S/C11H12N2O3/c1-2-15-9-5-3-4-8(14)10(9)7-6-13-16-11(7)12/h3-6,14H,2,12H2,1H3. The minimum Gasteiger partial charge on any atom is -0.507 e. The Hall–Kier alpha value is -2.17. The third kappa shape index (κ3) is 1.67. The third-order valence-electron chi connectivity index (χ3n) is 2.17. The highest BCUT2D eigenvalue weighted by Crippen LogP contribution is 2.40. The van der Waals surface area contributed by atoms with Gasteiger partial charge in [-0.2, -0.15) is 0 Å². The zero-order valence-electron chi connectivity index (χ0n) is 8.80. The van der Waals surface area contributed by atoms with Crippen molar-refractivity contribution >= 4 is 5.88 Å².